The SMILES string of the molecule is C=Nc1[nH]cc(-c2ccn3ncc(-c4cnn(C)c4)c3c2)c1/C=C(\C)NC(=O)c1ccnc(N2CCNCC2)c1. The Morgan fingerprint density at radius 1 is 1.12 bits per heavy atom. The van der Waals surface area contributed by atoms with E-state index in [0.29, 0.717) is 17.1 Å². The van der Waals surface area contributed by atoms with Gasteiger partial charge in [-0.05, 0) is 49.5 Å². The van der Waals surface area contributed by atoms with Crippen LogP contribution >= 0.6 is 0 Å². The third-order valence-corrected chi connectivity index (χ3v) is 7.03. The standard InChI is InChI=1S/C29H30N10O/c1-19(36-29(40)21-4-6-32-27(14-21)38-10-7-31-8-11-38)12-23-24(16-33-28(23)30-2)20-5-9-39-26(13-20)25(17-35-39)22-15-34-37(3)18-22/h4-6,9,12-18,31,33H,2,7-8,10-11H2,1,3H3,(H,36,40)/b19-12+. The minimum absolute atomic E-state index is 0.195. The fourth-order valence-corrected chi connectivity index (χ4v) is 5.00. The van der Waals surface area contributed by atoms with Gasteiger partial charge in [-0.1, -0.05) is 0 Å². The molecule has 1 amide bonds. The number of fused-ring (bicyclic) bond motifs is 1. The van der Waals surface area contributed by atoms with E-state index >= 15 is 0 Å². The molecule has 5 aromatic rings. The summed E-state index contributed by atoms with van der Waals surface area (Å²) in [6.07, 6.45) is 13.1. The van der Waals surface area contributed by atoms with Gasteiger partial charge >= 0.3 is 0 Å². The molecule has 40 heavy (non-hydrogen) atoms. The van der Waals surface area contributed by atoms with E-state index in [1.54, 1.807) is 16.9 Å². The van der Waals surface area contributed by atoms with Crippen molar-refractivity contribution in [3.8, 4) is 22.3 Å². The zero-order chi connectivity index (χ0) is 27.6. The summed E-state index contributed by atoms with van der Waals surface area (Å²) in [5, 5.41) is 15.2. The number of pyridine rings is 2. The molecule has 3 N–H and O–H groups in total. The van der Waals surface area contributed by atoms with Crippen LogP contribution in [0.1, 0.15) is 22.8 Å². The predicted molar refractivity (Wildman–Crippen MR) is 157 cm³/mol. The average Bonchev–Trinajstić information content (AvgIpc) is 3.71. The van der Waals surface area contributed by atoms with Crippen LogP contribution in [-0.2, 0) is 7.05 Å². The number of hydrogen-bond acceptors (Lipinski definition) is 7. The fourth-order valence-electron chi connectivity index (χ4n) is 5.00. The molecule has 202 valence electrons. The summed E-state index contributed by atoms with van der Waals surface area (Å²) >= 11 is 0. The number of allylic oxidation sites excluding steroid dienone is 1. The van der Waals surface area contributed by atoms with Crippen LogP contribution in [0.4, 0.5) is 11.6 Å². The van der Waals surface area contributed by atoms with Gasteiger partial charge in [0.1, 0.15) is 11.6 Å². The lowest BCUT2D eigenvalue weighted by molar-refractivity contribution is 0.0966. The summed E-state index contributed by atoms with van der Waals surface area (Å²) in [7, 11) is 1.89. The zero-order valence-corrected chi connectivity index (χ0v) is 22.4. The molecule has 0 bridgehead atoms. The van der Waals surface area contributed by atoms with E-state index in [1.165, 1.54) is 0 Å². The molecule has 0 spiro atoms. The maximum Gasteiger partial charge on any atom is 0.255 e. The van der Waals surface area contributed by atoms with Crippen molar-refractivity contribution in [1.82, 2.24) is 40.0 Å². The monoisotopic (exact) mass is 534 g/mol. The Balaban J connectivity index is 1.29. The molecule has 0 radical (unpaired) electrons. The lowest BCUT2D eigenvalue weighted by atomic mass is 10.0. The van der Waals surface area contributed by atoms with Gasteiger partial charge in [0.25, 0.3) is 5.91 Å². The van der Waals surface area contributed by atoms with Crippen molar-refractivity contribution >= 4 is 35.9 Å². The highest BCUT2D eigenvalue weighted by Crippen LogP contribution is 2.34. The van der Waals surface area contributed by atoms with E-state index in [0.717, 1.165) is 65.3 Å². The summed E-state index contributed by atoms with van der Waals surface area (Å²) in [4.78, 5) is 27.2. The van der Waals surface area contributed by atoms with Crippen LogP contribution in [-0.4, -0.2) is 68.2 Å². The van der Waals surface area contributed by atoms with Crippen molar-refractivity contribution in [3.05, 3.63) is 78.3 Å². The molecule has 0 unspecified atom stereocenters. The Bertz CT molecular complexity index is 1730. The number of H-pyrrole nitrogens is 1. The van der Waals surface area contributed by atoms with Gasteiger partial charge in [0.2, 0.25) is 0 Å². The van der Waals surface area contributed by atoms with Gasteiger partial charge in [0.15, 0.2) is 0 Å². The first kappa shape index (κ1) is 25.3. The number of aryl methyl sites for hydroxylation is 1. The Morgan fingerprint density at radius 2 is 1.98 bits per heavy atom. The number of carbonyl (C=O) groups excluding carboxylic acids is 1. The second kappa shape index (κ2) is 10.6. The Hall–Kier alpha value is -5.03. The van der Waals surface area contributed by atoms with Crippen molar-refractivity contribution < 1.29 is 4.79 Å². The van der Waals surface area contributed by atoms with Gasteiger partial charge in [0.05, 0.1) is 17.9 Å². The van der Waals surface area contributed by atoms with Crippen LogP contribution < -0.4 is 15.5 Å². The van der Waals surface area contributed by atoms with Gasteiger partial charge in [-0.15, -0.1) is 0 Å². The first-order valence-electron chi connectivity index (χ1n) is 13.1. The fraction of sp³-hybridized carbons (Fsp3) is 0.207. The Morgan fingerprint density at radius 3 is 2.75 bits per heavy atom. The Kier molecular flexibility index (Phi) is 6.71. The molecule has 1 aliphatic heterocycles. The zero-order valence-electron chi connectivity index (χ0n) is 22.4. The summed E-state index contributed by atoms with van der Waals surface area (Å²) < 4.78 is 3.62. The molecule has 5 aromatic heterocycles. The van der Waals surface area contributed by atoms with E-state index in [1.807, 2.05) is 67.7 Å². The molecular formula is C29H30N10O. The number of rotatable bonds is 7. The highest BCUT2D eigenvalue weighted by molar-refractivity contribution is 5.97. The lowest BCUT2D eigenvalue weighted by Gasteiger charge is -2.28. The molecule has 11 heteroatoms. The molecule has 0 aliphatic carbocycles. The number of piperazine rings is 1. The minimum atomic E-state index is -0.195. The van der Waals surface area contributed by atoms with Crippen molar-refractivity contribution in [1.29, 1.82) is 0 Å². The molecular weight excluding hydrogens is 504 g/mol. The average molecular weight is 535 g/mol. The third-order valence-electron chi connectivity index (χ3n) is 7.03. The molecule has 1 saturated heterocycles. The van der Waals surface area contributed by atoms with Crippen LogP contribution in [0, 0.1) is 0 Å². The number of aromatic nitrogens is 6. The molecule has 11 nitrogen and oxygen atoms in total. The number of nitrogens with one attached hydrogen (secondary N) is 3. The largest absolute Gasteiger partial charge is 0.354 e. The minimum Gasteiger partial charge on any atom is -0.354 e. The van der Waals surface area contributed by atoms with Crippen LogP contribution in [0.25, 0.3) is 33.8 Å². The second-order valence-electron chi connectivity index (χ2n) is 9.75. The summed E-state index contributed by atoms with van der Waals surface area (Å²) in [5.41, 5.74) is 6.91. The first-order chi connectivity index (χ1) is 19.5. The van der Waals surface area contributed by atoms with Crippen molar-refractivity contribution in [2.75, 3.05) is 31.1 Å². The quantitative estimate of drug-likeness (QED) is 0.274. The summed E-state index contributed by atoms with van der Waals surface area (Å²) in [6.45, 7) is 9.11. The summed E-state index contributed by atoms with van der Waals surface area (Å²) in [6, 6.07) is 7.66. The van der Waals surface area contributed by atoms with Crippen LogP contribution in [0.15, 0.2) is 72.1 Å². The number of nitrogens with zero attached hydrogens (tertiary/aromatic N) is 7. The van der Waals surface area contributed by atoms with E-state index in [-0.39, 0.29) is 5.91 Å². The van der Waals surface area contributed by atoms with E-state index < -0.39 is 0 Å². The normalized spacial score (nSPS) is 14.1. The summed E-state index contributed by atoms with van der Waals surface area (Å²) in [5.74, 6) is 1.23. The maximum absolute atomic E-state index is 13.1. The smallest absolute Gasteiger partial charge is 0.255 e. The van der Waals surface area contributed by atoms with Gasteiger partial charge in [0, 0.05) is 91.5 Å². The molecule has 0 atom stereocenters. The molecule has 6 heterocycles. The number of aromatic amines is 1. The molecule has 0 saturated carbocycles. The highest BCUT2D eigenvalue weighted by Gasteiger charge is 2.17. The Labute approximate surface area is 231 Å². The predicted octanol–water partition coefficient (Wildman–Crippen LogP) is 3.66. The van der Waals surface area contributed by atoms with Gasteiger partial charge < -0.3 is 20.5 Å². The highest BCUT2D eigenvalue weighted by atomic mass is 16.1. The third kappa shape index (κ3) is 4.90. The number of hydrogen-bond donors (Lipinski definition) is 3. The van der Waals surface area contributed by atoms with Crippen molar-refractivity contribution in [3.63, 3.8) is 0 Å². The maximum atomic E-state index is 13.1. The molecule has 1 fully saturated rings. The van der Waals surface area contributed by atoms with E-state index in [2.05, 4.69) is 53.5 Å². The van der Waals surface area contributed by atoms with Crippen LogP contribution in [0.3, 0.4) is 0 Å². The van der Waals surface area contributed by atoms with E-state index in [9.17, 15) is 4.79 Å². The van der Waals surface area contributed by atoms with Crippen molar-refractivity contribution in [2.45, 2.75) is 6.92 Å². The van der Waals surface area contributed by atoms with Crippen molar-refractivity contribution in [2.24, 2.45) is 12.0 Å². The number of carbonyl (C=O) groups is 1. The molecule has 1 aliphatic rings. The van der Waals surface area contributed by atoms with E-state index in [4.69, 9.17) is 0 Å². The number of aliphatic imine (C=N–C) groups is 1. The first-order valence-corrected chi connectivity index (χ1v) is 13.1. The van der Waals surface area contributed by atoms with Gasteiger partial charge in [-0.2, -0.15) is 10.2 Å². The van der Waals surface area contributed by atoms with Crippen LogP contribution in [0.2, 0.25) is 0 Å². The number of anilines is 1. The second-order valence-corrected chi connectivity index (χ2v) is 9.75. The van der Waals surface area contributed by atoms with Crippen LogP contribution in [0.5, 0.6) is 0 Å². The number of amides is 1. The lowest BCUT2D eigenvalue weighted by Crippen LogP contribution is -2.44. The molecule has 6 rings (SSSR count). The molecule has 0 aromatic carbocycles. The van der Waals surface area contributed by atoms with Gasteiger partial charge in [-0.3, -0.25) is 9.48 Å². The topological polar surface area (TPSA) is 121 Å². The van der Waals surface area contributed by atoms with Gasteiger partial charge in [-0.25, -0.2) is 14.5 Å².